The lowest BCUT2D eigenvalue weighted by Crippen LogP contribution is -2.30. The number of hydrogen-bond donors (Lipinski definition) is 1. The third-order valence-electron chi connectivity index (χ3n) is 3.14. The maximum Gasteiger partial charge on any atom is 0.0294 e. The van der Waals surface area contributed by atoms with Gasteiger partial charge in [-0.2, -0.15) is 0 Å². The fourth-order valence-electron chi connectivity index (χ4n) is 1.96. The summed E-state index contributed by atoms with van der Waals surface area (Å²) in [6.07, 6.45) is 2.82. The minimum atomic E-state index is 0.479. The molecular weight excluding hydrogens is 170 g/mol. The zero-order valence-corrected chi connectivity index (χ0v) is 9.03. The fraction of sp³-hybridized carbons (Fsp3) is 0.538. The van der Waals surface area contributed by atoms with Crippen LogP contribution in [0.25, 0.3) is 0 Å². The maximum absolute atomic E-state index is 3.66. The van der Waals surface area contributed by atoms with Gasteiger partial charge >= 0.3 is 0 Å². The van der Waals surface area contributed by atoms with Crippen molar-refractivity contribution in [2.24, 2.45) is 5.92 Å². The molecule has 1 saturated carbocycles. The van der Waals surface area contributed by atoms with Crippen molar-refractivity contribution < 1.29 is 0 Å². The van der Waals surface area contributed by atoms with Gasteiger partial charge in [0, 0.05) is 12.1 Å². The molecule has 1 N–H and O–H groups in total. The predicted molar refractivity (Wildman–Crippen MR) is 60.2 cm³/mol. The van der Waals surface area contributed by atoms with Crippen molar-refractivity contribution in [3.05, 3.63) is 35.9 Å². The molecule has 1 aromatic rings. The van der Waals surface area contributed by atoms with E-state index in [9.17, 15) is 0 Å². The van der Waals surface area contributed by atoms with Crippen molar-refractivity contribution in [3.63, 3.8) is 0 Å². The van der Waals surface area contributed by atoms with Crippen LogP contribution >= 0.6 is 0 Å². The summed E-state index contributed by atoms with van der Waals surface area (Å²) in [6.45, 7) is 4.55. The van der Waals surface area contributed by atoms with E-state index in [0.29, 0.717) is 12.1 Å². The van der Waals surface area contributed by atoms with Crippen LogP contribution in [0.15, 0.2) is 30.3 Å². The lowest BCUT2D eigenvalue weighted by atomic mass is 10.1. The standard InChI is InChI=1S/C13H19N/c1-10(12-6-4-3-5-7-12)14-11(2)13-8-9-13/h3-7,10-11,13-14H,8-9H2,1-2H3. The van der Waals surface area contributed by atoms with E-state index in [1.54, 1.807) is 0 Å². The highest BCUT2D eigenvalue weighted by Crippen LogP contribution is 2.33. The van der Waals surface area contributed by atoms with Crippen molar-refractivity contribution in [1.82, 2.24) is 5.32 Å². The van der Waals surface area contributed by atoms with Gasteiger partial charge in [-0.05, 0) is 38.2 Å². The molecule has 0 heterocycles. The first-order chi connectivity index (χ1) is 6.77. The summed E-state index contributed by atoms with van der Waals surface area (Å²) in [5.41, 5.74) is 1.39. The van der Waals surface area contributed by atoms with Crippen LogP contribution in [0.4, 0.5) is 0 Å². The first-order valence-corrected chi connectivity index (χ1v) is 5.58. The summed E-state index contributed by atoms with van der Waals surface area (Å²) in [5.74, 6) is 0.932. The Hall–Kier alpha value is -0.820. The molecule has 1 aliphatic carbocycles. The molecule has 0 aliphatic heterocycles. The van der Waals surface area contributed by atoms with E-state index in [1.165, 1.54) is 18.4 Å². The van der Waals surface area contributed by atoms with Gasteiger partial charge in [0.25, 0.3) is 0 Å². The molecule has 0 saturated heterocycles. The summed E-state index contributed by atoms with van der Waals surface area (Å²) in [7, 11) is 0. The van der Waals surface area contributed by atoms with Crippen LogP contribution in [-0.2, 0) is 0 Å². The summed E-state index contributed by atoms with van der Waals surface area (Å²) in [6, 6.07) is 11.8. The lowest BCUT2D eigenvalue weighted by molar-refractivity contribution is 0.441. The van der Waals surface area contributed by atoms with Gasteiger partial charge in [-0.25, -0.2) is 0 Å². The molecular formula is C13H19N. The molecule has 2 rings (SSSR count). The second-order valence-electron chi connectivity index (χ2n) is 4.43. The highest BCUT2D eigenvalue weighted by atomic mass is 15.0. The highest BCUT2D eigenvalue weighted by Gasteiger charge is 2.28. The number of hydrogen-bond acceptors (Lipinski definition) is 1. The minimum Gasteiger partial charge on any atom is -0.307 e. The van der Waals surface area contributed by atoms with Gasteiger partial charge in [0.05, 0.1) is 0 Å². The van der Waals surface area contributed by atoms with Crippen LogP contribution in [0.1, 0.15) is 38.3 Å². The largest absolute Gasteiger partial charge is 0.307 e. The predicted octanol–water partition coefficient (Wildman–Crippen LogP) is 3.14. The molecule has 1 fully saturated rings. The molecule has 1 aromatic carbocycles. The van der Waals surface area contributed by atoms with Crippen molar-refractivity contribution in [3.8, 4) is 0 Å². The smallest absolute Gasteiger partial charge is 0.0294 e. The molecule has 1 aliphatic rings. The zero-order valence-electron chi connectivity index (χ0n) is 9.03. The summed E-state index contributed by atoms with van der Waals surface area (Å²) in [4.78, 5) is 0. The summed E-state index contributed by atoms with van der Waals surface area (Å²) < 4.78 is 0. The molecule has 0 bridgehead atoms. The number of benzene rings is 1. The Bertz CT molecular complexity index is 277. The van der Waals surface area contributed by atoms with E-state index in [4.69, 9.17) is 0 Å². The van der Waals surface area contributed by atoms with Gasteiger partial charge in [0.2, 0.25) is 0 Å². The first-order valence-electron chi connectivity index (χ1n) is 5.58. The van der Waals surface area contributed by atoms with Crippen LogP contribution in [0.2, 0.25) is 0 Å². The quantitative estimate of drug-likeness (QED) is 0.767. The third-order valence-corrected chi connectivity index (χ3v) is 3.14. The van der Waals surface area contributed by atoms with E-state index in [1.807, 2.05) is 0 Å². The zero-order chi connectivity index (χ0) is 9.97. The van der Waals surface area contributed by atoms with E-state index < -0.39 is 0 Å². The second kappa shape index (κ2) is 4.14. The molecule has 0 radical (unpaired) electrons. The minimum absolute atomic E-state index is 0.479. The van der Waals surface area contributed by atoms with Gasteiger partial charge in [0.1, 0.15) is 0 Å². The Morgan fingerprint density at radius 1 is 1.14 bits per heavy atom. The lowest BCUT2D eigenvalue weighted by Gasteiger charge is -2.19. The second-order valence-corrected chi connectivity index (χ2v) is 4.43. The molecule has 2 unspecified atom stereocenters. The van der Waals surface area contributed by atoms with E-state index >= 15 is 0 Å². The van der Waals surface area contributed by atoms with Crippen molar-refractivity contribution in [2.45, 2.75) is 38.8 Å². The van der Waals surface area contributed by atoms with Crippen LogP contribution in [0.3, 0.4) is 0 Å². The van der Waals surface area contributed by atoms with Crippen LogP contribution < -0.4 is 5.32 Å². The average Bonchev–Trinajstić information content (AvgIpc) is 3.02. The summed E-state index contributed by atoms with van der Waals surface area (Å²) in [5, 5.41) is 3.66. The monoisotopic (exact) mass is 189 g/mol. The molecule has 0 amide bonds. The van der Waals surface area contributed by atoms with Crippen LogP contribution in [-0.4, -0.2) is 6.04 Å². The number of nitrogens with one attached hydrogen (secondary N) is 1. The molecule has 0 aromatic heterocycles. The first kappa shape index (κ1) is 9.72. The molecule has 1 heteroatoms. The summed E-state index contributed by atoms with van der Waals surface area (Å²) >= 11 is 0. The Morgan fingerprint density at radius 2 is 1.79 bits per heavy atom. The van der Waals surface area contributed by atoms with Crippen molar-refractivity contribution >= 4 is 0 Å². The topological polar surface area (TPSA) is 12.0 Å². The molecule has 1 nitrogen and oxygen atoms in total. The van der Waals surface area contributed by atoms with Crippen molar-refractivity contribution in [1.29, 1.82) is 0 Å². The highest BCUT2D eigenvalue weighted by molar-refractivity contribution is 5.18. The van der Waals surface area contributed by atoms with E-state index in [0.717, 1.165) is 5.92 Å². The Morgan fingerprint density at radius 3 is 2.36 bits per heavy atom. The number of rotatable bonds is 4. The van der Waals surface area contributed by atoms with Gasteiger partial charge in [-0.3, -0.25) is 0 Å². The van der Waals surface area contributed by atoms with Crippen molar-refractivity contribution in [2.75, 3.05) is 0 Å². The van der Waals surface area contributed by atoms with E-state index in [2.05, 4.69) is 49.5 Å². The molecule has 2 atom stereocenters. The van der Waals surface area contributed by atoms with Crippen LogP contribution in [0, 0.1) is 5.92 Å². The Kier molecular flexibility index (Phi) is 2.87. The fourth-order valence-corrected chi connectivity index (χ4v) is 1.96. The SMILES string of the molecule is CC(NC(C)C1CC1)c1ccccc1. The molecule has 14 heavy (non-hydrogen) atoms. The molecule has 0 spiro atoms. The van der Waals surface area contributed by atoms with Gasteiger partial charge in [-0.1, -0.05) is 30.3 Å². The van der Waals surface area contributed by atoms with Gasteiger partial charge < -0.3 is 5.32 Å². The van der Waals surface area contributed by atoms with Gasteiger partial charge in [-0.15, -0.1) is 0 Å². The maximum atomic E-state index is 3.66. The molecule has 76 valence electrons. The Balaban J connectivity index is 1.91. The van der Waals surface area contributed by atoms with Gasteiger partial charge in [0.15, 0.2) is 0 Å². The third kappa shape index (κ3) is 2.36. The average molecular weight is 189 g/mol. The normalized spacial score (nSPS) is 20.4. The van der Waals surface area contributed by atoms with Crippen LogP contribution in [0.5, 0.6) is 0 Å². The van der Waals surface area contributed by atoms with E-state index in [-0.39, 0.29) is 0 Å². The Labute approximate surface area is 86.5 Å².